The predicted octanol–water partition coefficient (Wildman–Crippen LogP) is 3.29. The fourth-order valence-electron chi connectivity index (χ4n) is 2.43. The third kappa shape index (κ3) is 5.07. The number of hydrogen-bond donors (Lipinski definition) is 1. The Morgan fingerprint density at radius 1 is 1.19 bits per heavy atom. The Labute approximate surface area is 104 Å². The van der Waals surface area contributed by atoms with Gasteiger partial charge in [0.2, 0.25) is 0 Å². The molecular formula is C13H26O2S. The van der Waals surface area contributed by atoms with Crippen LogP contribution in [0.4, 0.5) is 0 Å². The molecule has 0 aromatic rings. The Hall–Kier alpha value is 0.270. The molecule has 0 radical (unpaired) electrons. The maximum atomic E-state index is 8.50. The van der Waals surface area contributed by atoms with Crippen molar-refractivity contribution in [1.82, 2.24) is 0 Å². The highest BCUT2D eigenvalue weighted by atomic mass is 32.2. The lowest BCUT2D eigenvalue weighted by Crippen LogP contribution is -2.27. The molecule has 0 bridgehead atoms. The van der Waals surface area contributed by atoms with Gasteiger partial charge in [-0.15, -0.1) is 0 Å². The fraction of sp³-hybridized carbons (Fsp3) is 1.00. The standard InChI is InChI=1S/C13H26O2S/c1-13(2,3)11-4-6-12(7-5-11)16-9-8-15-10-14/h11-12,14H,4-10H2,1-3H3. The van der Waals surface area contributed by atoms with E-state index in [0.717, 1.165) is 16.9 Å². The Bertz CT molecular complexity index is 181. The monoisotopic (exact) mass is 246 g/mol. The summed E-state index contributed by atoms with van der Waals surface area (Å²) in [6, 6.07) is 0. The molecule has 96 valence electrons. The molecule has 1 aliphatic rings. The summed E-state index contributed by atoms with van der Waals surface area (Å²) in [6.45, 7) is 7.62. The molecule has 1 fully saturated rings. The zero-order chi connectivity index (χ0) is 12.0. The molecule has 3 heteroatoms. The zero-order valence-electron chi connectivity index (χ0n) is 10.9. The van der Waals surface area contributed by atoms with E-state index in [-0.39, 0.29) is 6.79 Å². The second kappa shape index (κ2) is 6.87. The van der Waals surface area contributed by atoms with Gasteiger partial charge in [-0.3, -0.25) is 0 Å². The summed E-state index contributed by atoms with van der Waals surface area (Å²) in [5.41, 5.74) is 0.482. The molecule has 0 atom stereocenters. The SMILES string of the molecule is CC(C)(C)C1CCC(SCCOCO)CC1. The number of rotatable bonds is 5. The number of aliphatic hydroxyl groups is 1. The quantitative estimate of drug-likeness (QED) is 0.596. The van der Waals surface area contributed by atoms with Crippen molar-refractivity contribution in [2.24, 2.45) is 11.3 Å². The molecule has 0 saturated heterocycles. The molecule has 16 heavy (non-hydrogen) atoms. The summed E-state index contributed by atoms with van der Waals surface area (Å²) >= 11 is 2.01. The maximum absolute atomic E-state index is 8.50. The third-order valence-corrected chi connectivity index (χ3v) is 4.92. The zero-order valence-corrected chi connectivity index (χ0v) is 11.7. The van der Waals surface area contributed by atoms with E-state index in [0.29, 0.717) is 12.0 Å². The van der Waals surface area contributed by atoms with Crippen molar-refractivity contribution in [3.63, 3.8) is 0 Å². The third-order valence-electron chi connectivity index (χ3n) is 3.57. The minimum absolute atomic E-state index is 0.142. The molecule has 0 amide bonds. The van der Waals surface area contributed by atoms with Crippen LogP contribution >= 0.6 is 11.8 Å². The van der Waals surface area contributed by atoms with Gasteiger partial charge in [-0.1, -0.05) is 20.8 Å². The lowest BCUT2D eigenvalue weighted by molar-refractivity contribution is 0.00667. The van der Waals surface area contributed by atoms with Crippen LogP contribution in [0, 0.1) is 11.3 Å². The molecule has 1 aliphatic carbocycles. The van der Waals surface area contributed by atoms with Crippen LogP contribution in [0.3, 0.4) is 0 Å². The predicted molar refractivity (Wildman–Crippen MR) is 70.7 cm³/mol. The number of thioether (sulfide) groups is 1. The lowest BCUT2D eigenvalue weighted by Gasteiger charge is -2.36. The van der Waals surface area contributed by atoms with Gasteiger partial charge in [-0.05, 0) is 37.0 Å². The van der Waals surface area contributed by atoms with Gasteiger partial charge in [0.25, 0.3) is 0 Å². The first-order chi connectivity index (χ1) is 7.54. The summed E-state index contributed by atoms with van der Waals surface area (Å²) in [5, 5.41) is 9.32. The van der Waals surface area contributed by atoms with Gasteiger partial charge >= 0.3 is 0 Å². The van der Waals surface area contributed by atoms with Gasteiger partial charge in [-0.25, -0.2) is 0 Å². The van der Waals surface area contributed by atoms with Crippen LogP contribution in [0.1, 0.15) is 46.5 Å². The highest BCUT2D eigenvalue weighted by Crippen LogP contribution is 2.40. The Kier molecular flexibility index (Phi) is 6.16. The normalized spacial score (nSPS) is 27.0. The minimum atomic E-state index is -0.142. The lowest BCUT2D eigenvalue weighted by atomic mass is 9.72. The summed E-state index contributed by atoms with van der Waals surface area (Å²) < 4.78 is 4.93. The van der Waals surface area contributed by atoms with Gasteiger partial charge < -0.3 is 9.84 Å². The van der Waals surface area contributed by atoms with Crippen LogP contribution in [-0.2, 0) is 4.74 Å². The van der Waals surface area contributed by atoms with Crippen molar-refractivity contribution in [1.29, 1.82) is 0 Å². The van der Waals surface area contributed by atoms with Crippen molar-refractivity contribution in [2.45, 2.75) is 51.7 Å². The first-order valence-corrected chi connectivity index (χ1v) is 7.39. The van der Waals surface area contributed by atoms with E-state index in [9.17, 15) is 0 Å². The van der Waals surface area contributed by atoms with Gasteiger partial charge in [0.05, 0.1) is 6.61 Å². The molecule has 1 saturated carbocycles. The summed E-state index contributed by atoms with van der Waals surface area (Å²) in [4.78, 5) is 0. The van der Waals surface area contributed by atoms with E-state index in [4.69, 9.17) is 9.84 Å². The molecular weight excluding hydrogens is 220 g/mol. The number of ether oxygens (including phenoxy) is 1. The number of hydrogen-bond acceptors (Lipinski definition) is 3. The van der Waals surface area contributed by atoms with Gasteiger partial charge in [0.15, 0.2) is 0 Å². The second-order valence-electron chi connectivity index (χ2n) is 5.75. The first-order valence-electron chi connectivity index (χ1n) is 6.34. The van der Waals surface area contributed by atoms with E-state index in [1.165, 1.54) is 25.7 Å². The van der Waals surface area contributed by atoms with E-state index < -0.39 is 0 Å². The first kappa shape index (κ1) is 14.3. The van der Waals surface area contributed by atoms with Crippen molar-refractivity contribution < 1.29 is 9.84 Å². The molecule has 0 aromatic carbocycles. The largest absolute Gasteiger partial charge is 0.371 e. The average molecular weight is 246 g/mol. The average Bonchev–Trinajstić information content (AvgIpc) is 2.24. The van der Waals surface area contributed by atoms with E-state index in [2.05, 4.69) is 20.8 Å². The molecule has 1 N–H and O–H groups in total. The van der Waals surface area contributed by atoms with Crippen molar-refractivity contribution in [3.05, 3.63) is 0 Å². The van der Waals surface area contributed by atoms with Crippen LogP contribution in [0.25, 0.3) is 0 Å². The van der Waals surface area contributed by atoms with E-state index in [1.807, 2.05) is 11.8 Å². The van der Waals surface area contributed by atoms with Crippen LogP contribution < -0.4 is 0 Å². The molecule has 1 rings (SSSR count). The maximum Gasteiger partial charge on any atom is 0.143 e. The van der Waals surface area contributed by atoms with Crippen LogP contribution in [-0.4, -0.2) is 29.5 Å². The molecule has 0 aliphatic heterocycles. The van der Waals surface area contributed by atoms with Crippen molar-refractivity contribution in [2.75, 3.05) is 19.2 Å². The highest BCUT2D eigenvalue weighted by molar-refractivity contribution is 7.99. The summed E-state index contributed by atoms with van der Waals surface area (Å²) in [5.74, 6) is 1.92. The van der Waals surface area contributed by atoms with E-state index in [1.54, 1.807) is 0 Å². The van der Waals surface area contributed by atoms with Crippen LogP contribution in [0.5, 0.6) is 0 Å². The molecule has 2 nitrogen and oxygen atoms in total. The van der Waals surface area contributed by atoms with Crippen molar-refractivity contribution in [3.8, 4) is 0 Å². The highest BCUT2D eigenvalue weighted by Gasteiger charge is 2.29. The smallest absolute Gasteiger partial charge is 0.143 e. The topological polar surface area (TPSA) is 29.5 Å². The Balaban J connectivity index is 2.12. The fourth-order valence-corrected chi connectivity index (χ4v) is 3.59. The minimum Gasteiger partial charge on any atom is -0.371 e. The molecule has 0 unspecified atom stereocenters. The van der Waals surface area contributed by atoms with Crippen molar-refractivity contribution >= 4 is 11.8 Å². The van der Waals surface area contributed by atoms with E-state index >= 15 is 0 Å². The molecule has 0 spiro atoms. The molecule has 0 aromatic heterocycles. The second-order valence-corrected chi connectivity index (χ2v) is 7.16. The number of aliphatic hydroxyl groups excluding tert-OH is 1. The van der Waals surface area contributed by atoms with Gasteiger partial charge in [-0.2, -0.15) is 11.8 Å². The van der Waals surface area contributed by atoms with Crippen LogP contribution in [0.15, 0.2) is 0 Å². The molecule has 0 heterocycles. The Morgan fingerprint density at radius 3 is 2.31 bits per heavy atom. The van der Waals surface area contributed by atoms with Crippen LogP contribution in [0.2, 0.25) is 0 Å². The summed E-state index contributed by atoms with van der Waals surface area (Å²) in [6.07, 6.45) is 5.46. The summed E-state index contributed by atoms with van der Waals surface area (Å²) in [7, 11) is 0. The van der Waals surface area contributed by atoms with Gasteiger partial charge in [0, 0.05) is 11.0 Å². The van der Waals surface area contributed by atoms with Gasteiger partial charge in [0.1, 0.15) is 6.79 Å². The Morgan fingerprint density at radius 2 is 1.81 bits per heavy atom.